The van der Waals surface area contributed by atoms with Gasteiger partial charge in [-0.05, 0) is 64.7 Å². The molecule has 0 N–H and O–H groups in total. The van der Waals surface area contributed by atoms with E-state index in [1.807, 2.05) is 84.9 Å². The largest absolute Gasteiger partial charge is 0.416 e. The van der Waals surface area contributed by atoms with Gasteiger partial charge in [0.25, 0.3) is 0 Å². The van der Waals surface area contributed by atoms with Crippen LogP contribution in [0.1, 0.15) is 16.7 Å². The number of hydrogen-bond donors (Lipinski definition) is 0. The van der Waals surface area contributed by atoms with Gasteiger partial charge in [-0.2, -0.15) is 23.7 Å². The summed E-state index contributed by atoms with van der Waals surface area (Å²) in [5.74, 6) is 0. The Balaban J connectivity index is 1.33. The quantitative estimate of drug-likeness (QED) is 0.186. The predicted molar refractivity (Wildman–Crippen MR) is 200 cm³/mol. The summed E-state index contributed by atoms with van der Waals surface area (Å²) >= 11 is 0. The minimum absolute atomic E-state index is 0.118. The number of hydrogen-bond acceptors (Lipinski definition) is 2. The molecule has 0 unspecified atom stereocenters. The van der Waals surface area contributed by atoms with Crippen LogP contribution in [0.15, 0.2) is 152 Å². The molecule has 0 aliphatic rings. The zero-order valence-electron chi connectivity index (χ0n) is 27.4. The fraction of sp³-hybridized carbons (Fsp3) is 0.0222. The fourth-order valence-corrected chi connectivity index (χ4v) is 7.54. The van der Waals surface area contributed by atoms with E-state index >= 15 is 0 Å². The smallest absolute Gasteiger partial charge is 0.309 e. The standard InChI is InChI=1S/C45H25F3N4/c46-45(47,48)34-23-32(26-49)43(33(24-34)27-50)52-40-16-7-5-14-38(40)42-41(52)22-21-37-36-13-4-6-15-39(36)51(44(37)42)35-12-8-11-31(25-35)30-19-17-29(18-20-30)28-9-2-1-3-10-28/h1-25H. The van der Waals surface area contributed by atoms with E-state index in [1.165, 1.54) is 0 Å². The van der Waals surface area contributed by atoms with Crippen LogP contribution in [-0.4, -0.2) is 9.13 Å². The topological polar surface area (TPSA) is 57.4 Å². The van der Waals surface area contributed by atoms with E-state index in [-0.39, 0.29) is 16.8 Å². The van der Waals surface area contributed by atoms with Crippen molar-refractivity contribution in [1.82, 2.24) is 9.13 Å². The molecule has 246 valence electrons. The van der Waals surface area contributed by atoms with Gasteiger partial charge in [0.15, 0.2) is 0 Å². The maximum atomic E-state index is 13.9. The van der Waals surface area contributed by atoms with Gasteiger partial charge in [-0.25, -0.2) is 0 Å². The Morgan fingerprint density at radius 1 is 0.462 bits per heavy atom. The minimum Gasteiger partial charge on any atom is -0.309 e. The van der Waals surface area contributed by atoms with E-state index in [9.17, 15) is 23.7 Å². The Morgan fingerprint density at radius 3 is 1.67 bits per heavy atom. The van der Waals surface area contributed by atoms with Gasteiger partial charge < -0.3 is 9.13 Å². The van der Waals surface area contributed by atoms with Crippen molar-refractivity contribution in [2.45, 2.75) is 6.18 Å². The molecule has 9 aromatic rings. The molecule has 9 rings (SSSR count). The van der Waals surface area contributed by atoms with E-state index in [0.29, 0.717) is 11.0 Å². The first-order valence-electron chi connectivity index (χ1n) is 16.6. The Kier molecular flexibility index (Phi) is 7.00. The number of halogens is 3. The number of nitrogens with zero attached hydrogens (tertiary/aromatic N) is 4. The van der Waals surface area contributed by atoms with E-state index < -0.39 is 11.7 Å². The lowest BCUT2D eigenvalue weighted by Crippen LogP contribution is -2.09. The van der Waals surface area contributed by atoms with Gasteiger partial charge in [-0.3, -0.25) is 0 Å². The summed E-state index contributed by atoms with van der Waals surface area (Å²) in [4.78, 5) is 0. The maximum Gasteiger partial charge on any atom is 0.416 e. The summed E-state index contributed by atoms with van der Waals surface area (Å²) in [6.45, 7) is 0. The molecule has 7 aromatic carbocycles. The highest BCUT2D eigenvalue weighted by Gasteiger charge is 2.33. The van der Waals surface area contributed by atoms with Crippen molar-refractivity contribution in [2.75, 3.05) is 0 Å². The molecule has 0 fully saturated rings. The molecule has 7 heteroatoms. The Morgan fingerprint density at radius 2 is 1.02 bits per heavy atom. The first-order valence-corrected chi connectivity index (χ1v) is 16.6. The van der Waals surface area contributed by atoms with E-state index in [4.69, 9.17) is 0 Å². The van der Waals surface area contributed by atoms with E-state index in [0.717, 1.165) is 72.7 Å². The first-order chi connectivity index (χ1) is 25.4. The lowest BCUT2D eigenvalue weighted by atomic mass is 10.00. The second kappa shape index (κ2) is 11.8. The predicted octanol–water partition coefficient (Wildman–Crippen LogP) is 12.0. The van der Waals surface area contributed by atoms with Crippen LogP contribution < -0.4 is 0 Å². The van der Waals surface area contributed by atoms with Crippen LogP contribution >= 0.6 is 0 Å². The molecular formula is C45H25F3N4. The summed E-state index contributed by atoms with van der Waals surface area (Å²) in [5.41, 5.74) is 7.17. The molecule has 0 amide bonds. The van der Waals surface area contributed by atoms with Crippen molar-refractivity contribution >= 4 is 43.6 Å². The molecule has 2 heterocycles. The number of para-hydroxylation sites is 2. The van der Waals surface area contributed by atoms with Crippen LogP contribution in [0.4, 0.5) is 13.2 Å². The molecule has 0 saturated carbocycles. The lowest BCUT2D eigenvalue weighted by Gasteiger charge is -2.15. The summed E-state index contributed by atoms with van der Waals surface area (Å²) < 4.78 is 45.6. The van der Waals surface area contributed by atoms with Crippen LogP contribution in [0.3, 0.4) is 0 Å². The van der Waals surface area contributed by atoms with Gasteiger partial charge in [-0.15, -0.1) is 0 Å². The van der Waals surface area contributed by atoms with E-state index in [1.54, 1.807) is 4.57 Å². The number of aromatic nitrogens is 2. The average molecular weight is 679 g/mol. The number of nitriles is 2. The van der Waals surface area contributed by atoms with E-state index in [2.05, 4.69) is 71.3 Å². The number of rotatable bonds is 4. The van der Waals surface area contributed by atoms with Crippen LogP contribution in [0.2, 0.25) is 0 Å². The molecular weight excluding hydrogens is 654 g/mol. The molecule has 2 aromatic heterocycles. The van der Waals surface area contributed by atoms with Gasteiger partial charge in [0, 0.05) is 27.2 Å². The molecule has 0 saturated heterocycles. The third-order valence-electron chi connectivity index (χ3n) is 9.80. The molecule has 0 spiro atoms. The fourth-order valence-electron chi connectivity index (χ4n) is 7.54. The SMILES string of the molecule is N#Cc1cc(C(F)(F)F)cc(C#N)c1-n1c2ccccc2c2c1ccc1c3ccccc3n(-c3cccc(-c4ccc(-c5ccccc5)cc4)c3)c12. The van der Waals surface area contributed by atoms with Crippen LogP contribution in [-0.2, 0) is 6.18 Å². The zero-order valence-corrected chi connectivity index (χ0v) is 27.4. The monoisotopic (exact) mass is 678 g/mol. The summed E-state index contributed by atoms with van der Waals surface area (Å²) in [6.07, 6.45) is -4.72. The van der Waals surface area contributed by atoms with Crippen LogP contribution in [0.5, 0.6) is 0 Å². The van der Waals surface area contributed by atoms with Crippen molar-refractivity contribution in [3.8, 4) is 45.8 Å². The highest BCUT2D eigenvalue weighted by atomic mass is 19.4. The Hall–Kier alpha value is -7.09. The molecule has 0 radical (unpaired) electrons. The van der Waals surface area contributed by atoms with Gasteiger partial charge >= 0.3 is 6.18 Å². The van der Waals surface area contributed by atoms with Crippen LogP contribution in [0.25, 0.3) is 77.2 Å². The summed E-state index contributed by atoms with van der Waals surface area (Å²) in [7, 11) is 0. The summed E-state index contributed by atoms with van der Waals surface area (Å²) in [6, 6.07) is 52.4. The van der Waals surface area contributed by atoms with Crippen molar-refractivity contribution < 1.29 is 13.2 Å². The normalized spacial score (nSPS) is 11.7. The van der Waals surface area contributed by atoms with Crippen LogP contribution in [0, 0.1) is 22.7 Å². The maximum absolute atomic E-state index is 13.9. The molecule has 0 bridgehead atoms. The highest BCUT2D eigenvalue weighted by molar-refractivity contribution is 6.26. The second-order valence-corrected chi connectivity index (χ2v) is 12.7. The zero-order chi connectivity index (χ0) is 35.6. The third kappa shape index (κ3) is 4.75. The van der Waals surface area contributed by atoms with Gasteiger partial charge in [0.1, 0.15) is 12.1 Å². The molecule has 0 aliphatic heterocycles. The number of alkyl halides is 3. The molecule has 0 atom stereocenters. The van der Waals surface area contributed by atoms with Crippen molar-refractivity contribution in [3.05, 3.63) is 168 Å². The Labute approximate surface area is 296 Å². The second-order valence-electron chi connectivity index (χ2n) is 12.7. The molecule has 0 aliphatic carbocycles. The van der Waals surface area contributed by atoms with Gasteiger partial charge in [0.05, 0.1) is 44.4 Å². The first kappa shape index (κ1) is 30.9. The number of benzene rings is 7. The van der Waals surface area contributed by atoms with Crippen molar-refractivity contribution in [2.24, 2.45) is 0 Å². The average Bonchev–Trinajstić information content (AvgIpc) is 3.70. The molecule has 4 nitrogen and oxygen atoms in total. The minimum atomic E-state index is -4.72. The highest BCUT2D eigenvalue weighted by Crippen LogP contribution is 2.44. The molecule has 52 heavy (non-hydrogen) atoms. The lowest BCUT2D eigenvalue weighted by molar-refractivity contribution is -0.137. The Bertz CT molecular complexity index is 2920. The third-order valence-corrected chi connectivity index (χ3v) is 9.80. The van der Waals surface area contributed by atoms with Gasteiger partial charge in [0.2, 0.25) is 0 Å². The summed E-state index contributed by atoms with van der Waals surface area (Å²) in [5, 5.41) is 24.1. The van der Waals surface area contributed by atoms with Gasteiger partial charge in [-0.1, -0.05) is 109 Å². The van der Waals surface area contributed by atoms with Crippen molar-refractivity contribution in [1.29, 1.82) is 10.5 Å². The number of fused-ring (bicyclic) bond motifs is 7. The van der Waals surface area contributed by atoms with Crippen molar-refractivity contribution in [3.63, 3.8) is 0 Å².